The van der Waals surface area contributed by atoms with Crippen LogP contribution in [-0.4, -0.2) is 0 Å². The minimum absolute atomic E-state index is 0.720. The highest BCUT2D eigenvalue weighted by Crippen LogP contribution is 2.52. The third-order valence-electron chi connectivity index (χ3n) is 4.95. The second-order valence-electron chi connectivity index (χ2n) is 5.95. The molecule has 0 aromatic rings. The van der Waals surface area contributed by atoms with E-state index in [-0.39, 0.29) is 0 Å². The highest BCUT2D eigenvalue weighted by Gasteiger charge is 2.41. The van der Waals surface area contributed by atoms with E-state index in [9.17, 15) is 0 Å². The molecule has 0 radical (unpaired) electrons. The summed E-state index contributed by atoms with van der Waals surface area (Å²) in [6.07, 6.45) is 13.6. The molecular formula is C14H26. The molecule has 0 aliphatic heterocycles. The molecule has 0 spiro atoms. The summed E-state index contributed by atoms with van der Waals surface area (Å²) < 4.78 is 0. The van der Waals surface area contributed by atoms with Crippen molar-refractivity contribution in [2.24, 2.45) is 17.3 Å². The summed E-state index contributed by atoms with van der Waals surface area (Å²) in [4.78, 5) is 0. The van der Waals surface area contributed by atoms with Crippen LogP contribution in [0.5, 0.6) is 0 Å². The van der Waals surface area contributed by atoms with E-state index >= 15 is 0 Å². The first-order valence-corrected chi connectivity index (χ1v) is 6.76. The molecule has 0 amide bonds. The van der Waals surface area contributed by atoms with Gasteiger partial charge in [0.15, 0.2) is 0 Å². The van der Waals surface area contributed by atoms with Crippen LogP contribution in [0.1, 0.15) is 71.6 Å². The lowest BCUT2D eigenvalue weighted by atomic mass is 9.57. The van der Waals surface area contributed by atoms with Crippen LogP contribution < -0.4 is 0 Å². The van der Waals surface area contributed by atoms with Gasteiger partial charge in [-0.1, -0.05) is 52.4 Å². The number of fused-ring (bicyclic) bond motifs is 1. The molecule has 0 heteroatoms. The Morgan fingerprint density at radius 3 is 2.57 bits per heavy atom. The van der Waals surface area contributed by atoms with Crippen molar-refractivity contribution >= 4 is 0 Å². The molecule has 0 aromatic carbocycles. The largest absolute Gasteiger partial charge is 0.0654 e. The van der Waals surface area contributed by atoms with Crippen LogP contribution in [0.15, 0.2) is 0 Å². The molecule has 0 aromatic heterocycles. The van der Waals surface area contributed by atoms with Gasteiger partial charge >= 0.3 is 0 Å². The van der Waals surface area contributed by atoms with E-state index in [1.54, 1.807) is 19.3 Å². The zero-order valence-electron chi connectivity index (χ0n) is 10.0. The van der Waals surface area contributed by atoms with Crippen LogP contribution in [0.4, 0.5) is 0 Å². The maximum Gasteiger partial charge on any atom is -0.0295 e. The molecule has 0 N–H and O–H groups in total. The molecule has 2 aliphatic rings. The van der Waals surface area contributed by atoms with Gasteiger partial charge in [-0.15, -0.1) is 0 Å². The third-order valence-corrected chi connectivity index (χ3v) is 4.95. The Morgan fingerprint density at radius 1 is 1.07 bits per heavy atom. The van der Waals surface area contributed by atoms with Gasteiger partial charge in [-0.25, -0.2) is 0 Å². The summed E-state index contributed by atoms with van der Waals surface area (Å²) in [6.45, 7) is 4.94. The molecule has 2 rings (SSSR count). The van der Waals surface area contributed by atoms with E-state index in [1.807, 2.05) is 0 Å². The van der Waals surface area contributed by atoms with Gasteiger partial charge in [-0.3, -0.25) is 0 Å². The van der Waals surface area contributed by atoms with Crippen molar-refractivity contribution in [3.8, 4) is 0 Å². The van der Waals surface area contributed by atoms with Gasteiger partial charge < -0.3 is 0 Å². The van der Waals surface area contributed by atoms with E-state index in [4.69, 9.17) is 0 Å². The second kappa shape index (κ2) is 4.24. The van der Waals surface area contributed by atoms with E-state index in [2.05, 4.69) is 13.8 Å². The van der Waals surface area contributed by atoms with Gasteiger partial charge in [0.25, 0.3) is 0 Å². The standard InChI is InChI=1S/C14H26/c1-3-10-14(2)11-6-8-12-7-4-5-9-13(12)14/h12-13H,3-11H2,1-2H3. The van der Waals surface area contributed by atoms with Crippen LogP contribution in [0.3, 0.4) is 0 Å². The van der Waals surface area contributed by atoms with Gasteiger partial charge in [0.05, 0.1) is 0 Å². The fourth-order valence-electron chi connectivity index (χ4n) is 4.31. The lowest BCUT2D eigenvalue weighted by Crippen LogP contribution is -2.38. The summed E-state index contributed by atoms with van der Waals surface area (Å²) in [6, 6.07) is 0. The average Bonchev–Trinajstić information content (AvgIpc) is 2.19. The lowest BCUT2D eigenvalue weighted by molar-refractivity contribution is 0.0184. The van der Waals surface area contributed by atoms with Crippen molar-refractivity contribution in [3.05, 3.63) is 0 Å². The quantitative estimate of drug-likeness (QED) is 0.593. The van der Waals surface area contributed by atoms with Crippen molar-refractivity contribution < 1.29 is 0 Å². The summed E-state index contributed by atoms with van der Waals surface area (Å²) in [5, 5.41) is 0. The third kappa shape index (κ3) is 1.85. The Kier molecular flexibility index (Phi) is 3.19. The van der Waals surface area contributed by atoms with Crippen molar-refractivity contribution in [2.75, 3.05) is 0 Å². The smallest absolute Gasteiger partial charge is 0.0295 e. The summed E-state index contributed by atoms with van der Waals surface area (Å²) >= 11 is 0. The number of hydrogen-bond donors (Lipinski definition) is 0. The van der Waals surface area contributed by atoms with Crippen molar-refractivity contribution in [3.63, 3.8) is 0 Å². The summed E-state index contributed by atoms with van der Waals surface area (Å²) in [5.74, 6) is 2.19. The van der Waals surface area contributed by atoms with Crippen LogP contribution in [0, 0.1) is 17.3 Å². The Hall–Kier alpha value is 0. The van der Waals surface area contributed by atoms with E-state index in [1.165, 1.54) is 38.5 Å². The first kappa shape index (κ1) is 10.5. The molecule has 0 bridgehead atoms. The van der Waals surface area contributed by atoms with Crippen molar-refractivity contribution in [1.29, 1.82) is 0 Å². The highest BCUT2D eigenvalue weighted by atomic mass is 14.5. The molecule has 2 aliphatic carbocycles. The van der Waals surface area contributed by atoms with Gasteiger partial charge in [-0.05, 0) is 36.5 Å². The van der Waals surface area contributed by atoms with Gasteiger partial charge in [0.2, 0.25) is 0 Å². The molecule has 2 fully saturated rings. The zero-order chi connectivity index (χ0) is 10.0. The summed E-state index contributed by atoms with van der Waals surface area (Å²) in [5.41, 5.74) is 0.720. The maximum absolute atomic E-state index is 2.58. The fourth-order valence-corrected chi connectivity index (χ4v) is 4.31. The highest BCUT2D eigenvalue weighted by molar-refractivity contribution is 4.92. The monoisotopic (exact) mass is 194 g/mol. The molecule has 14 heavy (non-hydrogen) atoms. The zero-order valence-corrected chi connectivity index (χ0v) is 10.0. The first-order valence-electron chi connectivity index (χ1n) is 6.76. The molecule has 0 heterocycles. The number of hydrogen-bond acceptors (Lipinski definition) is 0. The van der Waals surface area contributed by atoms with Crippen LogP contribution in [-0.2, 0) is 0 Å². The normalized spacial score (nSPS) is 43.3. The van der Waals surface area contributed by atoms with Crippen LogP contribution in [0.25, 0.3) is 0 Å². The fraction of sp³-hybridized carbons (Fsp3) is 1.00. The topological polar surface area (TPSA) is 0 Å². The first-order chi connectivity index (χ1) is 6.76. The SMILES string of the molecule is CCCC1(C)CCCC2CCCCC21. The maximum atomic E-state index is 2.58. The van der Waals surface area contributed by atoms with Gasteiger partial charge in [0.1, 0.15) is 0 Å². The molecule has 2 saturated carbocycles. The average molecular weight is 194 g/mol. The van der Waals surface area contributed by atoms with Crippen LogP contribution >= 0.6 is 0 Å². The van der Waals surface area contributed by atoms with Gasteiger partial charge in [0, 0.05) is 0 Å². The second-order valence-corrected chi connectivity index (χ2v) is 5.95. The Balaban J connectivity index is 2.07. The molecule has 82 valence electrons. The summed E-state index contributed by atoms with van der Waals surface area (Å²) in [7, 11) is 0. The van der Waals surface area contributed by atoms with E-state index < -0.39 is 0 Å². The predicted molar refractivity (Wildman–Crippen MR) is 62.3 cm³/mol. The molecule has 0 nitrogen and oxygen atoms in total. The van der Waals surface area contributed by atoms with E-state index in [0.29, 0.717) is 0 Å². The predicted octanol–water partition coefficient (Wildman–Crippen LogP) is 4.78. The van der Waals surface area contributed by atoms with Crippen molar-refractivity contribution in [1.82, 2.24) is 0 Å². The molecule has 3 atom stereocenters. The van der Waals surface area contributed by atoms with Crippen molar-refractivity contribution in [2.45, 2.75) is 71.6 Å². The van der Waals surface area contributed by atoms with Crippen LogP contribution in [0.2, 0.25) is 0 Å². The lowest BCUT2D eigenvalue weighted by Gasteiger charge is -2.49. The Bertz CT molecular complexity index is 178. The number of rotatable bonds is 2. The Morgan fingerprint density at radius 2 is 1.79 bits per heavy atom. The molecule has 0 saturated heterocycles. The minimum Gasteiger partial charge on any atom is -0.0654 e. The molecular weight excluding hydrogens is 168 g/mol. The minimum atomic E-state index is 0.720. The Labute approximate surface area is 89.5 Å². The molecule has 3 unspecified atom stereocenters. The van der Waals surface area contributed by atoms with E-state index in [0.717, 1.165) is 17.3 Å². The van der Waals surface area contributed by atoms with Gasteiger partial charge in [-0.2, -0.15) is 0 Å².